The van der Waals surface area contributed by atoms with Crippen LogP contribution in [0.15, 0.2) is 140 Å². The Labute approximate surface area is 442 Å². The molecule has 0 aliphatic rings. The molecule has 0 spiro atoms. The minimum atomic E-state index is -6.13. The highest BCUT2D eigenvalue weighted by molar-refractivity contribution is 7.20. The van der Waals surface area contributed by atoms with Gasteiger partial charge in [-0.05, 0) is 71.2 Å². The molecular formula is C49H25BCl3F24NO. The Hall–Kier alpha value is -6.22. The second-order valence-electron chi connectivity index (χ2n) is 17.1. The highest BCUT2D eigenvalue weighted by Crippen LogP contribution is 2.42. The summed E-state index contributed by atoms with van der Waals surface area (Å²) < 4.78 is 346. The van der Waals surface area contributed by atoms with Crippen LogP contribution >= 0.6 is 34.8 Å². The Morgan fingerprint density at radius 3 is 0.861 bits per heavy atom. The summed E-state index contributed by atoms with van der Waals surface area (Å²) >= 11 is 17.4. The van der Waals surface area contributed by atoms with E-state index in [1.165, 1.54) is 0 Å². The number of aromatic nitrogens is 1. The van der Waals surface area contributed by atoms with E-state index in [0.717, 1.165) is 16.5 Å². The van der Waals surface area contributed by atoms with E-state index in [-0.39, 0.29) is 0 Å². The number of ether oxygens (including phenoxy) is 1. The van der Waals surface area contributed by atoms with E-state index in [2.05, 4.69) is 0 Å². The van der Waals surface area contributed by atoms with E-state index in [0.29, 0.717) is 12.4 Å². The Balaban J connectivity index is 0.000000378. The monoisotopic (exact) mass is 1220 g/mol. The summed E-state index contributed by atoms with van der Waals surface area (Å²) in [7, 11) is 0. The van der Waals surface area contributed by atoms with Crippen LogP contribution in [0.5, 0.6) is 5.88 Å². The predicted octanol–water partition coefficient (Wildman–Crippen LogP) is 16.1. The lowest BCUT2D eigenvalue weighted by molar-refractivity contribution is -0.668. The van der Waals surface area contributed by atoms with E-state index in [1.807, 2.05) is 71.3 Å². The fourth-order valence-electron chi connectivity index (χ4n) is 8.45. The van der Waals surface area contributed by atoms with E-state index in [9.17, 15) is 105 Å². The van der Waals surface area contributed by atoms with Crippen molar-refractivity contribution in [1.29, 1.82) is 0 Å². The van der Waals surface area contributed by atoms with Crippen LogP contribution in [-0.2, 0) is 56.0 Å². The standard InChI is InChI=1S/C32H12BF24.C17H13Cl3NO/c34-25(35,36)13-1-14(26(37,38)39)6-21(5-13)33(22-7-15(27(40,41)42)2-16(8-22)28(43,44)45,23-9-17(29(46,47)48)3-18(10-23)30(49,50)51)24-11-19(31(52,53)54)4-20(12-24)32(55,56)57;18-17(19,20)22-16-11-10-14-8-4-5-9-15(14)21(16)12-13-6-2-1-3-7-13/h1-12H;1-11H,12H2/q-1;+1. The number of nitrogens with zero attached hydrogens (tertiary/aromatic N) is 1. The molecule has 79 heavy (non-hydrogen) atoms. The van der Waals surface area contributed by atoms with Gasteiger partial charge in [-0.2, -0.15) is 132 Å². The van der Waals surface area contributed by atoms with Gasteiger partial charge in [-0.15, -0.1) is 0 Å². The zero-order valence-electron chi connectivity index (χ0n) is 38.1. The number of hydrogen-bond acceptors (Lipinski definition) is 1. The average molecular weight is 1220 g/mol. The van der Waals surface area contributed by atoms with Crippen molar-refractivity contribution in [1.82, 2.24) is 0 Å². The molecule has 1 aromatic heterocycles. The van der Waals surface area contributed by atoms with Crippen LogP contribution in [0.4, 0.5) is 105 Å². The topological polar surface area (TPSA) is 13.1 Å². The summed E-state index contributed by atoms with van der Waals surface area (Å²) in [6.45, 7) is 0.623. The third-order valence-electron chi connectivity index (χ3n) is 11.7. The molecular weight excluding hydrogens is 1190 g/mol. The second-order valence-corrected chi connectivity index (χ2v) is 19.3. The largest absolute Gasteiger partial charge is 0.416 e. The molecule has 7 aromatic rings. The van der Waals surface area contributed by atoms with Crippen LogP contribution in [0, 0.1) is 0 Å². The van der Waals surface area contributed by atoms with E-state index in [1.54, 1.807) is 0 Å². The van der Waals surface area contributed by atoms with Crippen molar-refractivity contribution >= 4 is 73.7 Å². The minimum Gasteiger partial charge on any atom is -0.393 e. The number of halogens is 27. The van der Waals surface area contributed by atoms with Gasteiger partial charge < -0.3 is 4.74 Å². The maximum absolute atomic E-state index is 14.2. The molecule has 0 saturated carbocycles. The third kappa shape index (κ3) is 14.6. The molecule has 0 saturated heterocycles. The summed E-state index contributed by atoms with van der Waals surface area (Å²) in [4.78, 5) is 0. The smallest absolute Gasteiger partial charge is 0.393 e. The molecule has 0 radical (unpaired) electrons. The van der Waals surface area contributed by atoms with Gasteiger partial charge in [-0.1, -0.05) is 91.0 Å². The lowest BCUT2D eigenvalue weighted by atomic mass is 9.12. The van der Waals surface area contributed by atoms with Crippen LogP contribution in [0.1, 0.15) is 50.1 Å². The average Bonchev–Trinajstić information content (AvgIpc) is 3.30. The van der Waals surface area contributed by atoms with Crippen molar-refractivity contribution < 1.29 is 115 Å². The Morgan fingerprint density at radius 1 is 0.329 bits per heavy atom. The molecule has 0 unspecified atom stereocenters. The minimum absolute atomic E-state index is 0.502. The van der Waals surface area contributed by atoms with Crippen molar-refractivity contribution in [3.05, 3.63) is 190 Å². The van der Waals surface area contributed by atoms with Gasteiger partial charge in [-0.3, -0.25) is 0 Å². The van der Waals surface area contributed by atoms with Crippen molar-refractivity contribution in [2.45, 2.75) is 59.9 Å². The van der Waals surface area contributed by atoms with Crippen molar-refractivity contribution in [2.75, 3.05) is 0 Å². The first-order valence-electron chi connectivity index (χ1n) is 21.4. The predicted molar refractivity (Wildman–Crippen MR) is 241 cm³/mol. The fourth-order valence-corrected chi connectivity index (χ4v) is 8.69. The van der Waals surface area contributed by atoms with Gasteiger partial charge in [0.05, 0.1) is 50.6 Å². The zero-order chi connectivity index (χ0) is 59.5. The Kier molecular flexibility index (Phi) is 16.8. The molecule has 0 aliphatic carbocycles. The first-order valence-corrected chi connectivity index (χ1v) is 22.5. The molecule has 424 valence electrons. The molecule has 0 atom stereocenters. The summed E-state index contributed by atoms with van der Waals surface area (Å²) in [6, 6.07) is 13.0. The van der Waals surface area contributed by atoms with Gasteiger partial charge in [0.15, 0.2) is 6.54 Å². The van der Waals surface area contributed by atoms with Crippen molar-refractivity contribution in [3.63, 3.8) is 0 Å². The molecule has 30 heteroatoms. The lowest BCUT2D eigenvalue weighted by Crippen LogP contribution is -2.75. The Bertz CT molecular complexity index is 2900. The number of rotatable bonds is 7. The SMILES string of the molecule is ClC(Cl)(Cl)Oc1ccc2ccccc2[n+]1Cc1ccccc1.FC(F)(F)c1cc([B-](c2cc(C(F)(F)F)cc(C(F)(F)F)c2)(c2cc(C(F)(F)F)cc(C(F)(F)F)c2)c2cc(C(F)(F)F)cc(C(F)(F)F)c2)cc(C(F)(F)F)c1. The van der Waals surface area contributed by atoms with Gasteiger partial charge in [0.2, 0.25) is 5.52 Å². The molecule has 6 aromatic carbocycles. The van der Waals surface area contributed by atoms with Gasteiger partial charge in [0, 0.05) is 17.0 Å². The molecule has 1 heterocycles. The number of pyridine rings is 1. The number of fused-ring (bicyclic) bond motifs is 1. The van der Waals surface area contributed by atoms with Crippen LogP contribution in [0.3, 0.4) is 0 Å². The summed E-state index contributed by atoms with van der Waals surface area (Å²) in [5.74, 6) is 0.502. The normalized spacial score (nSPS) is 13.6. The highest BCUT2D eigenvalue weighted by Gasteiger charge is 2.47. The summed E-state index contributed by atoms with van der Waals surface area (Å²) in [5, 5.41) is 1.09. The van der Waals surface area contributed by atoms with Crippen molar-refractivity contribution in [3.8, 4) is 5.88 Å². The van der Waals surface area contributed by atoms with Crippen molar-refractivity contribution in [2.24, 2.45) is 0 Å². The first kappa shape index (κ1) is 62.0. The van der Waals surface area contributed by atoms with Crippen LogP contribution < -0.4 is 31.2 Å². The van der Waals surface area contributed by atoms with Crippen LogP contribution in [0.2, 0.25) is 0 Å². The lowest BCUT2D eigenvalue weighted by Gasteiger charge is -2.46. The number of hydrogen-bond donors (Lipinski definition) is 0. The van der Waals surface area contributed by atoms with E-state index < -0.39 is 199 Å². The molecule has 0 N–H and O–H groups in total. The second kappa shape index (κ2) is 21.4. The van der Waals surface area contributed by atoms with Crippen LogP contribution in [-0.4, -0.2) is 10.1 Å². The van der Waals surface area contributed by atoms with Gasteiger partial charge in [0.25, 0.3) is 0 Å². The molecule has 2 nitrogen and oxygen atoms in total. The molecule has 0 fully saturated rings. The number of alkyl halides is 27. The highest BCUT2D eigenvalue weighted by atomic mass is 35.6. The summed E-state index contributed by atoms with van der Waals surface area (Å²) in [5.41, 5.74) is -28.1. The molecule has 0 bridgehead atoms. The van der Waals surface area contributed by atoms with Crippen LogP contribution in [0.25, 0.3) is 10.9 Å². The Morgan fingerprint density at radius 2 is 0.595 bits per heavy atom. The molecule has 0 amide bonds. The van der Waals surface area contributed by atoms with Gasteiger partial charge in [0.1, 0.15) is 6.15 Å². The first-order chi connectivity index (χ1) is 35.8. The number of benzene rings is 6. The third-order valence-corrected chi connectivity index (χ3v) is 12.0. The van der Waals surface area contributed by atoms with Gasteiger partial charge >= 0.3 is 59.3 Å². The number of para-hydroxylation sites is 1. The molecule has 0 aliphatic heterocycles. The summed E-state index contributed by atoms with van der Waals surface area (Å²) in [6.07, 6.45) is -54.8. The fraction of sp³-hybridized carbons (Fsp3) is 0.204. The quantitative estimate of drug-likeness (QED) is 0.0671. The maximum Gasteiger partial charge on any atom is 0.416 e. The molecule has 7 rings (SSSR count). The maximum atomic E-state index is 14.2. The van der Waals surface area contributed by atoms with E-state index >= 15 is 0 Å². The van der Waals surface area contributed by atoms with E-state index in [4.69, 9.17) is 39.5 Å². The van der Waals surface area contributed by atoms with Gasteiger partial charge in [-0.25, -0.2) is 0 Å². The zero-order valence-corrected chi connectivity index (χ0v) is 40.4.